The number of carbonyl (C=O) groups is 1. The van der Waals surface area contributed by atoms with Crippen molar-refractivity contribution in [2.24, 2.45) is 0 Å². The third kappa shape index (κ3) is 2.61. The van der Waals surface area contributed by atoms with E-state index in [0.29, 0.717) is 5.75 Å². The first-order valence-electron chi connectivity index (χ1n) is 8.48. The van der Waals surface area contributed by atoms with Crippen molar-refractivity contribution in [3.8, 4) is 10.6 Å². The first-order chi connectivity index (χ1) is 12.6. The first kappa shape index (κ1) is 16.6. The van der Waals surface area contributed by atoms with Gasteiger partial charge in [0.25, 0.3) is 0 Å². The zero-order valence-electron chi connectivity index (χ0n) is 14.8. The number of rotatable bonds is 3. The maximum absolute atomic E-state index is 11.6. The highest BCUT2D eigenvalue weighted by atomic mass is 32.2. The van der Waals surface area contributed by atoms with Crippen molar-refractivity contribution in [1.29, 1.82) is 0 Å². The Hall–Kier alpha value is -2.91. The lowest BCUT2D eigenvalue weighted by atomic mass is 10.1. The van der Waals surface area contributed by atoms with Crippen LogP contribution in [0.25, 0.3) is 25.1 Å². The zero-order chi connectivity index (χ0) is 18.3. The van der Waals surface area contributed by atoms with Crippen molar-refractivity contribution in [2.45, 2.75) is 13.8 Å². The SMILES string of the molecule is C=CC(=O)Oc1c(C)cc(-[s+]2c3ccccc3c3ccccc32)cc1C. The van der Waals surface area contributed by atoms with Crippen LogP contribution in [0.2, 0.25) is 0 Å². The second-order valence-electron chi connectivity index (χ2n) is 6.31. The highest BCUT2D eigenvalue weighted by molar-refractivity contribution is 7.50. The van der Waals surface area contributed by atoms with Crippen LogP contribution in [-0.2, 0) is 4.79 Å². The van der Waals surface area contributed by atoms with Gasteiger partial charge in [-0.15, -0.1) is 0 Å². The minimum absolute atomic E-state index is 0.144. The standard InChI is InChI=1S/C23H19O2S/c1-4-22(24)25-23-15(2)13-17(14-16(23)3)26-20-11-7-5-9-18(20)19-10-6-8-12-21(19)26/h4-14H,1H2,2-3H3/q+1. The number of thiophene rings is 1. The summed E-state index contributed by atoms with van der Waals surface area (Å²) in [7, 11) is -0.144. The monoisotopic (exact) mass is 359 g/mol. The molecule has 0 bridgehead atoms. The molecule has 0 radical (unpaired) electrons. The lowest BCUT2D eigenvalue weighted by Crippen LogP contribution is -2.05. The van der Waals surface area contributed by atoms with Gasteiger partial charge in [0.2, 0.25) is 0 Å². The third-order valence-electron chi connectivity index (χ3n) is 4.54. The highest BCUT2D eigenvalue weighted by Crippen LogP contribution is 2.49. The van der Waals surface area contributed by atoms with Crippen LogP contribution in [0.15, 0.2) is 73.3 Å². The molecule has 3 aromatic carbocycles. The molecular weight excluding hydrogens is 340 g/mol. The molecule has 0 saturated carbocycles. The average molecular weight is 359 g/mol. The van der Waals surface area contributed by atoms with E-state index in [1.165, 1.54) is 31.1 Å². The first-order valence-corrected chi connectivity index (χ1v) is 9.71. The van der Waals surface area contributed by atoms with E-state index in [2.05, 4.69) is 67.2 Å². The highest BCUT2D eigenvalue weighted by Gasteiger charge is 2.24. The Morgan fingerprint density at radius 3 is 1.92 bits per heavy atom. The lowest BCUT2D eigenvalue weighted by Gasteiger charge is -2.09. The van der Waals surface area contributed by atoms with Gasteiger partial charge in [-0.2, -0.15) is 0 Å². The fourth-order valence-electron chi connectivity index (χ4n) is 3.44. The van der Waals surface area contributed by atoms with Crippen LogP contribution in [0.5, 0.6) is 5.75 Å². The van der Waals surface area contributed by atoms with Gasteiger partial charge in [-0.25, -0.2) is 4.79 Å². The van der Waals surface area contributed by atoms with Crippen LogP contribution in [0.4, 0.5) is 0 Å². The summed E-state index contributed by atoms with van der Waals surface area (Å²) in [6.45, 7) is 7.44. The molecule has 0 saturated heterocycles. The van der Waals surface area contributed by atoms with E-state index in [-0.39, 0.29) is 10.5 Å². The molecule has 0 unspecified atom stereocenters. The molecule has 0 spiro atoms. The van der Waals surface area contributed by atoms with E-state index in [1.807, 2.05) is 13.8 Å². The Balaban J connectivity index is 1.98. The van der Waals surface area contributed by atoms with Crippen molar-refractivity contribution < 1.29 is 9.53 Å². The summed E-state index contributed by atoms with van der Waals surface area (Å²) >= 11 is 0. The summed E-state index contributed by atoms with van der Waals surface area (Å²) in [4.78, 5) is 12.9. The van der Waals surface area contributed by atoms with Crippen molar-refractivity contribution in [3.05, 3.63) is 84.4 Å². The summed E-state index contributed by atoms with van der Waals surface area (Å²) < 4.78 is 8.13. The fraction of sp³-hybridized carbons (Fsp3) is 0.0870. The minimum atomic E-state index is -0.428. The molecule has 0 amide bonds. The third-order valence-corrected chi connectivity index (χ3v) is 6.84. The summed E-state index contributed by atoms with van der Waals surface area (Å²) in [5, 5.41) is 2.62. The Bertz CT molecular complexity index is 1090. The fourth-order valence-corrected chi connectivity index (χ4v) is 6.00. The number of carbonyl (C=O) groups excluding carboxylic acids is 1. The van der Waals surface area contributed by atoms with Crippen LogP contribution < -0.4 is 4.74 Å². The molecule has 3 heteroatoms. The molecule has 0 atom stereocenters. The van der Waals surface area contributed by atoms with Gasteiger partial charge in [-0.1, -0.05) is 30.8 Å². The summed E-state index contributed by atoms with van der Waals surface area (Å²) in [6, 6.07) is 21.5. The number of fused-ring (bicyclic) bond motifs is 3. The van der Waals surface area contributed by atoms with Gasteiger partial charge in [0.05, 0.1) is 0 Å². The van der Waals surface area contributed by atoms with Crippen molar-refractivity contribution in [1.82, 2.24) is 0 Å². The molecule has 0 aliphatic heterocycles. The van der Waals surface area contributed by atoms with Crippen LogP contribution in [-0.4, -0.2) is 5.97 Å². The minimum Gasteiger partial charge on any atom is -0.423 e. The summed E-state index contributed by atoms with van der Waals surface area (Å²) in [6.07, 6.45) is 1.19. The largest absolute Gasteiger partial charge is 0.423 e. The molecule has 26 heavy (non-hydrogen) atoms. The molecule has 4 rings (SSSR count). The Morgan fingerprint density at radius 1 is 0.923 bits per heavy atom. The normalized spacial score (nSPS) is 11.0. The van der Waals surface area contributed by atoms with Gasteiger partial charge in [0.1, 0.15) is 5.75 Å². The Labute approximate surface area is 155 Å². The quantitative estimate of drug-likeness (QED) is 0.182. The van der Waals surface area contributed by atoms with Gasteiger partial charge >= 0.3 is 5.97 Å². The molecule has 0 fully saturated rings. The number of hydrogen-bond donors (Lipinski definition) is 0. The van der Waals surface area contributed by atoms with Crippen molar-refractivity contribution in [2.75, 3.05) is 0 Å². The molecule has 1 heterocycles. The van der Waals surface area contributed by atoms with Crippen LogP contribution in [0, 0.1) is 13.8 Å². The second kappa shape index (κ2) is 6.43. The predicted octanol–water partition coefficient (Wildman–Crippen LogP) is 6.44. The average Bonchev–Trinajstić information content (AvgIpc) is 2.99. The van der Waals surface area contributed by atoms with Gasteiger partial charge in [0, 0.05) is 39.5 Å². The number of hydrogen-bond acceptors (Lipinski definition) is 2. The van der Waals surface area contributed by atoms with E-state index in [4.69, 9.17) is 4.74 Å². The maximum Gasteiger partial charge on any atom is 0.335 e. The van der Waals surface area contributed by atoms with Gasteiger partial charge < -0.3 is 4.74 Å². The predicted molar refractivity (Wildman–Crippen MR) is 111 cm³/mol. The Morgan fingerprint density at radius 2 is 1.42 bits per heavy atom. The molecule has 2 nitrogen and oxygen atoms in total. The summed E-state index contributed by atoms with van der Waals surface area (Å²) in [5.74, 6) is 0.200. The lowest BCUT2D eigenvalue weighted by molar-refractivity contribution is -0.129. The van der Waals surface area contributed by atoms with Crippen LogP contribution in [0.3, 0.4) is 0 Å². The van der Waals surface area contributed by atoms with E-state index >= 15 is 0 Å². The number of ether oxygens (including phenoxy) is 1. The number of benzene rings is 3. The Kier molecular flexibility index (Phi) is 4.09. The maximum atomic E-state index is 11.6. The molecule has 0 aliphatic carbocycles. The molecule has 4 aromatic rings. The van der Waals surface area contributed by atoms with Crippen LogP contribution >= 0.6 is 10.5 Å². The zero-order valence-corrected chi connectivity index (χ0v) is 15.6. The van der Waals surface area contributed by atoms with Crippen molar-refractivity contribution in [3.63, 3.8) is 0 Å². The van der Waals surface area contributed by atoms with E-state index in [1.54, 1.807) is 0 Å². The van der Waals surface area contributed by atoms with Crippen LogP contribution in [0.1, 0.15) is 11.1 Å². The molecule has 0 aliphatic rings. The topological polar surface area (TPSA) is 26.3 Å². The van der Waals surface area contributed by atoms with E-state index in [9.17, 15) is 4.79 Å². The van der Waals surface area contributed by atoms with Gasteiger partial charge in [0.15, 0.2) is 14.3 Å². The van der Waals surface area contributed by atoms with E-state index in [0.717, 1.165) is 11.1 Å². The van der Waals surface area contributed by atoms with E-state index < -0.39 is 5.97 Å². The molecule has 128 valence electrons. The number of esters is 1. The molecular formula is C23H19O2S+. The summed E-state index contributed by atoms with van der Waals surface area (Å²) in [5.41, 5.74) is 1.93. The van der Waals surface area contributed by atoms with Gasteiger partial charge in [-0.05, 0) is 49.2 Å². The van der Waals surface area contributed by atoms with Gasteiger partial charge in [-0.3, -0.25) is 0 Å². The molecule has 1 aromatic heterocycles. The molecule has 0 N–H and O–H groups in total. The number of aryl methyl sites for hydroxylation is 2. The smallest absolute Gasteiger partial charge is 0.335 e. The second-order valence-corrected chi connectivity index (χ2v) is 8.27. The van der Waals surface area contributed by atoms with Crippen molar-refractivity contribution >= 4 is 36.6 Å².